The molecular weight excluding hydrogens is 188 g/mol. The van der Waals surface area contributed by atoms with Crippen LogP contribution in [0.3, 0.4) is 0 Å². The van der Waals surface area contributed by atoms with E-state index in [2.05, 4.69) is 4.18 Å². The van der Waals surface area contributed by atoms with Gasteiger partial charge in [0.1, 0.15) is 0 Å². The molecule has 7 heteroatoms. The summed E-state index contributed by atoms with van der Waals surface area (Å²) in [6.07, 6.45) is -1.01. The molecule has 0 saturated heterocycles. The van der Waals surface area contributed by atoms with Crippen molar-refractivity contribution >= 4 is 16.1 Å². The minimum atomic E-state index is -3.61. The first-order chi connectivity index (χ1) is 5.31. The van der Waals surface area contributed by atoms with Gasteiger partial charge in [0.2, 0.25) is 0 Å². The number of rotatable bonds is 5. The van der Waals surface area contributed by atoms with Gasteiger partial charge in [0.05, 0.1) is 25.4 Å². The SMILES string of the molecule is CS(=O)(=O)OCC(O)CC(=O)O. The Balaban J connectivity index is 3.72. The zero-order chi connectivity index (χ0) is 9.78. The molecule has 0 aliphatic heterocycles. The molecule has 0 aromatic rings. The van der Waals surface area contributed by atoms with Gasteiger partial charge >= 0.3 is 5.97 Å². The predicted molar refractivity (Wildman–Crippen MR) is 39.1 cm³/mol. The van der Waals surface area contributed by atoms with Crippen molar-refractivity contribution in [3.8, 4) is 0 Å². The van der Waals surface area contributed by atoms with Crippen molar-refractivity contribution in [3.63, 3.8) is 0 Å². The third-order valence-electron chi connectivity index (χ3n) is 0.885. The van der Waals surface area contributed by atoms with Gasteiger partial charge in [-0.2, -0.15) is 8.42 Å². The second-order valence-electron chi connectivity index (χ2n) is 2.24. The van der Waals surface area contributed by atoms with Crippen molar-refractivity contribution < 1.29 is 27.6 Å². The highest BCUT2D eigenvalue weighted by atomic mass is 32.2. The van der Waals surface area contributed by atoms with Crippen molar-refractivity contribution in [2.24, 2.45) is 0 Å². The van der Waals surface area contributed by atoms with E-state index in [0.717, 1.165) is 6.26 Å². The second-order valence-corrected chi connectivity index (χ2v) is 3.88. The van der Waals surface area contributed by atoms with E-state index in [1.54, 1.807) is 0 Å². The molecule has 2 N–H and O–H groups in total. The maximum Gasteiger partial charge on any atom is 0.306 e. The monoisotopic (exact) mass is 198 g/mol. The predicted octanol–water partition coefficient (Wildman–Crippen LogP) is -1.20. The second kappa shape index (κ2) is 4.39. The Bertz CT molecular complexity index is 243. The zero-order valence-corrected chi connectivity index (χ0v) is 7.24. The van der Waals surface area contributed by atoms with Crippen LogP contribution in [0.1, 0.15) is 6.42 Å². The highest BCUT2D eigenvalue weighted by Crippen LogP contribution is 1.95. The quantitative estimate of drug-likeness (QED) is 0.538. The summed E-state index contributed by atoms with van der Waals surface area (Å²) < 4.78 is 24.8. The number of aliphatic hydroxyl groups excluding tert-OH is 1. The lowest BCUT2D eigenvalue weighted by Gasteiger charge is -2.06. The third-order valence-corrected chi connectivity index (χ3v) is 1.45. The Hall–Kier alpha value is -0.660. The van der Waals surface area contributed by atoms with Crippen LogP contribution in [0, 0.1) is 0 Å². The molecule has 0 amide bonds. The lowest BCUT2D eigenvalue weighted by Crippen LogP contribution is -2.21. The van der Waals surface area contributed by atoms with Crippen LogP contribution >= 0.6 is 0 Å². The summed E-state index contributed by atoms with van der Waals surface area (Å²) >= 11 is 0. The van der Waals surface area contributed by atoms with Gasteiger partial charge in [-0.05, 0) is 0 Å². The normalized spacial score (nSPS) is 14.2. The fourth-order valence-corrected chi connectivity index (χ4v) is 0.867. The smallest absolute Gasteiger partial charge is 0.306 e. The first-order valence-electron chi connectivity index (χ1n) is 3.05. The van der Waals surface area contributed by atoms with Gasteiger partial charge in [-0.15, -0.1) is 0 Å². The number of carboxylic acids is 1. The van der Waals surface area contributed by atoms with Gasteiger partial charge in [-0.1, -0.05) is 0 Å². The molecule has 1 atom stereocenters. The van der Waals surface area contributed by atoms with Crippen molar-refractivity contribution in [1.82, 2.24) is 0 Å². The molecule has 0 bridgehead atoms. The van der Waals surface area contributed by atoms with Gasteiger partial charge in [0, 0.05) is 0 Å². The molecule has 6 nitrogen and oxygen atoms in total. The summed E-state index contributed by atoms with van der Waals surface area (Å²) in [6, 6.07) is 0. The number of aliphatic carboxylic acids is 1. The standard InChI is InChI=1S/C5H10O6S/c1-12(9,10)11-3-4(6)2-5(7)8/h4,6H,2-3H2,1H3,(H,7,8). The minimum Gasteiger partial charge on any atom is -0.481 e. The first kappa shape index (κ1) is 11.3. The molecule has 0 aromatic carbocycles. The first-order valence-corrected chi connectivity index (χ1v) is 4.87. The molecule has 0 spiro atoms. The fourth-order valence-electron chi connectivity index (χ4n) is 0.463. The maximum atomic E-state index is 10.3. The van der Waals surface area contributed by atoms with Crippen molar-refractivity contribution in [3.05, 3.63) is 0 Å². The molecule has 0 aliphatic carbocycles. The van der Waals surface area contributed by atoms with Crippen LogP contribution in [0.15, 0.2) is 0 Å². The van der Waals surface area contributed by atoms with E-state index in [-0.39, 0.29) is 0 Å². The Morgan fingerprint density at radius 2 is 2.08 bits per heavy atom. The average molecular weight is 198 g/mol. The summed E-state index contributed by atoms with van der Waals surface area (Å²) in [5.74, 6) is -1.21. The summed E-state index contributed by atoms with van der Waals surface area (Å²) in [4.78, 5) is 9.97. The maximum absolute atomic E-state index is 10.3. The molecule has 0 saturated carbocycles. The minimum absolute atomic E-state index is 0.523. The largest absolute Gasteiger partial charge is 0.481 e. The Labute approximate surface area is 69.9 Å². The molecule has 72 valence electrons. The van der Waals surface area contributed by atoms with E-state index < -0.39 is 35.2 Å². The molecular formula is C5H10O6S. The van der Waals surface area contributed by atoms with E-state index in [4.69, 9.17) is 10.2 Å². The van der Waals surface area contributed by atoms with E-state index in [0.29, 0.717) is 0 Å². The van der Waals surface area contributed by atoms with Crippen LogP contribution in [-0.2, 0) is 19.1 Å². The van der Waals surface area contributed by atoms with E-state index in [9.17, 15) is 13.2 Å². The molecule has 0 heterocycles. The summed E-state index contributed by atoms with van der Waals surface area (Å²) in [7, 11) is -3.61. The van der Waals surface area contributed by atoms with Crippen LogP contribution in [0.4, 0.5) is 0 Å². The summed E-state index contributed by atoms with van der Waals surface area (Å²) in [6.45, 7) is -0.523. The molecule has 12 heavy (non-hydrogen) atoms. The number of carboxylic acid groups (broad SMARTS) is 1. The lowest BCUT2D eigenvalue weighted by molar-refractivity contribution is -0.139. The van der Waals surface area contributed by atoms with Gasteiger partial charge in [0.15, 0.2) is 0 Å². The van der Waals surface area contributed by atoms with Crippen LogP contribution in [-0.4, -0.2) is 43.6 Å². The summed E-state index contributed by atoms with van der Waals surface area (Å²) in [5.41, 5.74) is 0. The molecule has 0 rings (SSSR count). The Morgan fingerprint density at radius 1 is 1.58 bits per heavy atom. The van der Waals surface area contributed by atoms with Crippen LogP contribution < -0.4 is 0 Å². The molecule has 1 unspecified atom stereocenters. The number of aliphatic hydroxyl groups is 1. The molecule has 0 radical (unpaired) electrons. The van der Waals surface area contributed by atoms with E-state index in [1.807, 2.05) is 0 Å². The van der Waals surface area contributed by atoms with Crippen LogP contribution in [0.2, 0.25) is 0 Å². The van der Waals surface area contributed by atoms with Gasteiger partial charge < -0.3 is 10.2 Å². The number of hydrogen-bond acceptors (Lipinski definition) is 5. The number of hydrogen-bond donors (Lipinski definition) is 2. The topological polar surface area (TPSA) is 101 Å². The number of carbonyl (C=O) groups is 1. The van der Waals surface area contributed by atoms with E-state index >= 15 is 0 Å². The van der Waals surface area contributed by atoms with Gasteiger partial charge in [-0.25, -0.2) is 0 Å². The van der Waals surface area contributed by atoms with Gasteiger partial charge in [-0.3, -0.25) is 8.98 Å². The molecule has 0 aromatic heterocycles. The van der Waals surface area contributed by atoms with Crippen LogP contribution in [0.25, 0.3) is 0 Å². The Morgan fingerprint density at radius 3 is 2.42 bits per heavy atom. The Kier molecular flexibility index (Phi) is 4.15. The summed E-state index contributed by atoms with van der Waals surface area (Å²) in [5, 5.41) is 17.0. The highest BCUT2D eigenvalue weighted by molar-refractivity contribution is 7.85. The molecule has 0 fully saturated rings. The van der Waals surface area contributed by atoms with Crippen molar-refractivity contribution in [2.75, 3.05) is 12.9 Å². The molecule has 0 aliphatic rings. The van der Waals surface area contributed by atoms with Crippen molar-refractivity contribution in [1.29, 1.82) is 0 Å². The van der Waals surface area contributed by atoms with Crippen molar-refractivity contribution in [2.45, 2.75) is 12.5 Å². The fraction of sp³-hybridized carbons (Fsp3) is 0.800. The lowest BCUT2D eigenvalue weighted by atomic mass is 10.3. The average Bonchev–Trinajstić information content (AvgIpc) is 1.80. The van der Waals surface area contributed by atoms with E-state index in [1.165, 1.54) is 0 Å². The highest BCUT2D eigenvalue weighted by Gasteiger charge is 2.12. The zero-order valence-electron chi connectivity index (χ0n) is 6.43. The third kappa shape index (κ3) is 7.45. The van der Waals surface area contributed by atoms with Crippen LogP contribution in [0.5, 0.6) is 0 Å². The van der Waals surface area contributed by atoms with Gasteiger partial charge in [0.25, 0.3) is 10.1 Å².